The Kier molecular flexibility index (Phi) is 9.00. The van der Waals surface area contributed by atoms with E-state index in [-0.39, 0.29) is 36.1 Å². The molecule has 2 heterocycles. The van der Waals surface area contributed by atoms with Crippen molar-refractivity contribution in [3.63, 3.8) is 0 Å². The van der Waals surface area contributed by atoms with Crippen LogP contribution in [-0.2, 0) is 9.53 Å². The molecule has 1 amide bonds. The Morgan fingerprint density at radius 3 is 2.24 bits per heavy atom. The number of hydrogen-bond acceptors (Lipinski definition) is 4. The second kappa shape index (κ2) is 10.2. The number of carbonyl (C=O) groups is 1. The minimum atomic E-state index is -0.324. The first kappa shape index (κ1) is 22.0. The van der Waals surface area contributed by atoms with Gasteiger partial charge < -0.3 is 19.9 Å². The highest BCUT2D eigenvalue weighted by Gasteiger charge is 2.42. The van der Waals surface area contributed by atoms with E-state index in [1.165, 1.54) is 5.69 Å². The molecule has 0 bridgehead atoms. The summed E-state index contributed by atoms with van der Waals surface area (Å²) in [7, 11) is 1.70. The Bertz CT molecular complexity index is 511. The Morgan fingerprint density at radius 1 is 1.08 bits per heavy atom. The van der Waals surface area contributed by atoms with Gasteiger partial charge in [0, 0.05) is 39.0 Å². The average molecular weight is 390 g/mol. The number of nitrogens with one attached hydrogen (secondary N) is 1. The molecule has 0 aliphatic carbocycles. The molecular formula is C18H29Cl2N3O2. The van der Waals surface area contributed by atoms with Gasteiger partial charge in [-0.1, -0.05) is 18.2 Å². The van der Waals surface area contributed by atoms with Crippen LogP contribution in [0.5, 0.6) is 0 Å². The number of hydrogen-bond donors (Lipinski definition) is 1. The van der Waals surface area contributed by atoms with Crippen molar-refractivity contribution in [1.29, 1.82) is 0 Å². The lowest BCUT2D eigenvalue weighted by atomic mass is 9.78. The number of piperidine rings is 1. The maximum atomic E-state index is 13.1. The van der Waals surface area contributed by atoms with E-state index in [0.717, 1.165) is 52.1 Å². The number of rotatable bonds is 4. The third-order valence-electron chi connectivity index (χ3n) is 5.12. The monoisotopic (exact) mass is 389 g/mol. The summed E-state index contributed by atoms with van der Waals surface area (Å²) in [5.74, 6) is 0.286. The second-order valence-electron chi connectivity index (χ2n) is 6.58. The van der Waals surface area contributed by atoms with E-state index in [2.05, 4.69) is 34.5 Å². The summed E-state index contributed by atoms with van der Waals surface area (Å²) in [6, 6.07) is 10.4. The van der Waals surface area contributed by atoms with Crippen LogP contribution >= 0.6 is 24.8 Å². The van der Waals surface area contributed by atoms with Crippen LogP contribution in [0.2, 0.25) is 0 Å². The molecule has 142 valence electrons. The molecular weight excluding hydrogens is 361 g/mol. The van der Waals surface area contributed by atoms with Crippen LogP contribution in [0.15, 0.2) is 30.3 Å². The first-order valence-corrected chi connectivity index (χ1v) is 8.54. The first-order chi connectivity index (χ1) is 11.2. The third kappa shape index (κ3) is 5.00. The van der Waals surface area contributed by atoms with Gasteiger partial charge in [-0.05, 0) is 38.1 Å². The third-order valence-corrected chi connectivity index (χ3v) is 5.12. The van der Waals surface area contributed by atoms with Crippen molar-refractivity contribution >= 4 is 36.4 Å². The van der Waals surface area contributed by atoms with E-state index in [9.17, 15) is 4.79 Å². The van der Waals surface area contributed by atoms with Crippen molar-refractivity contribution in [3.8, 4) is 0 Å². The van der Waals surface area contributed by atoms with Crippen LogP contribution < -0.4 is 10.2 Å². The molecule has 0 atom stereocenters. The Balaban J connectivity index is 0.00000156. The molecule has 0 aromatic heterocycles. The lowest BCUT2D eigenvalue weighted by molar-refractivity contribution is -0.147. The zero-order valence-electron chi connectivity index (χ0n) is 14.8. The normalized spacial score (nSPS) is 19.6. The molecule has 0 radical (unpaired) electrons. The van der Waals surface area contributed by atoms with Crippen molar-refractivity contribution in [1.82, 2.24) is 10.2 Å². The summed E-state index contributed by atoms with van der Waals surface area (Å²) in [4.78, 5) is 17.5. The maximum absolute atomic E-state index is 13.1. The highest BCUT2D eigenvalue weighted by atomic mass is 35.5. The summed E-state index contributed by atoms with van der Waals surface area (Å²) in [6.45, 7) is 5.73. The SMILES string of the molecule is COCC1(C(=O)N2CCN(c3ccccc3)CC2)CCNCC1.Cl.Cl. The molecule has 2 saturated heterocycles. The first-order valence-electron chi connectivity index (χ1n) is 8.54. The molecule has 1 N–H and O–H groups in total. The fourth-order valence-corrected chi connectivity index (χ4v) is 3.74. The van der Waals surface area contributed by atoms with Gasteiger partial charge in [-0.15, -0.1) is 24.8 Å². The number of carbonyl (C=O) groups excluding carboxylic acids is 1. The maximum Gasteiger partial charge on any atom is 0.231 e. The predicted octanol–water partition coefficient (Wildman–Crippen LogP) is 2.20. The Morgan fingerprint density at radius 2 is 1.68 bits per heavy atom. The number of halogens is 2. The topological polar surface area (TPSA) is 44.8 Å². The number of nitrogens with zero attached hydrogens (tertiary/aromatic N) is 2. The van der Waals surface area contributed by atoms with Gasteiger partial charge in [0.25, 0.3) is 0 Å². The van der Waals surface area contributed by atoms with Gasteiger partial charge >= 0.3 is 0 Å². The quantitative estimate of drug-likeness (QED) is 0.856. The highest BCUT2D eigenvalue weighted by molar-refractivity contribution is 5.85. The number of para-hydroxylation sites is 1. The van der Waals surface area contributed by atoms with Gasteiger partial charge in [-0.3, -0.25) is 4.79 Å². The number of amides is 1. The van der Waals surface area contributed by atoms with Crippen LogP contribution in [0.25, 0.3) is 0 Å². The van der Waals surface area contributed by atoms with Crippen molar-refractivity contribution in [2.45, 2.75) is 12.8 Å². The summed E-state index contributed by atoms with van der Waals surface area (Å²) < 4.78 is 5.40. The van der Waals surface area contributed by atoms with E-state index in [1.807, 2.05) is 11.0 Å². The van der Waals surface area contributed by atoms with Gasteiger partial charge in [-0.25, -0.2) is 0 Å². The van der Waals surface area contributed by atoms with Gasteiger partial charge in [0.1, 0.15) is 0 Å². The standard InChI is InChI=1S/C18H27N3O2.2ClH/c1-23-15-18(7-9-19-10-8-18)17(22)21-13-11-20(12-14-21)16-5-3-2-4-6-16;;/h2-6,19H,7-15H2,1H3;2*1H. The molecule has 2 fully saturated rings. The molecule has 7 heteroatoms. The second-order valence-corrected chi connectivity index (χ2v) is 6.58. The van der Waals surface area contributed by atoms with E-state index in [0.29, 0.717) is 6.61 Å². The molecule has 2 aliphatic rings. The minimum absolute atomic E-state index is 0. The fourth-order valence-electron chi connectivity index (χ4n) is 3.74. The van der Waals surface area contributed by atoms with Crippen LogP contribution in [0.1, 0.15) is 12.8 Å². The zero-order chi connectivity index (χ0) is 16.1. The van der Waals surface area contributed by atoms with Crippen molar-refractivity contribution in [2.24, 2.45) is 5.41 Å². The smallest absolute Gasteiger partial charge is 0.231 e. The lowest BCUT2D eigenvalue weighted by Crippen LogP contribution is -2.56. The fraction of sp³-hybridized carbons (Fsp3) is 0.611. The van der Waals surface area contributed by atoms with Crippen LogP contribution in [-0.4, -0.2) is 63.8 Å². The average Bonchev–Trinajstić information content (AvgIpc) is 2.63. The zero-order valence-corrected chi connectivity index (χ0v) is 16.4. The molecule has 25 heavy (non-hydrogen) atoms. The summed E-state index contributed by atoms with van der Waals surface area (Å²) in [5.41, 5.74) is 0.919. The Labute approximate surface area is 162 Å². The highest BCUT2D eigenvalue weighted by Crippen LogP contribution is 2.32. The van der Waals surface area contributed by atoms with Crippen LogP contribution in [0, 0.1) is 5.41 Å². The van der Waals surface area contributed by atoms with E-state index < -0.39 is 0 Å². The van der Waals surface area contributed by atoms with Gasteiger partial charge in [0.2, 0.25) is 5.91 Å². The molecule has 5 nitrogen and oxygen atoms in total. The number of methoxy groups -OCH3 is 1. The largest absolute Gasteiger partial charge is 0.384 e. The number of ether oxygens (including phenoxy) is 1. The van der Waals surface area contributed by atoms with Crippen LogP contribution in [0.3, 0.4) is 0 Å². The summed E-state index contributed by atoms with van der Waals surface area (Å²) in [6.07, 6.45) is 1.75. The summed E-state index contributed by atoms with van der Waals surface area (Å²) in [5, 5.41) is 3.35. The van der Waals surface area contributed by atoms with E-state index >= 15 is 0 Å². The van der Waals surface area contributed by atoms with Crippen LogP contribution in [0.4, 0.5) is 5.69 Å². The van der Waals surface area contributed by atoms with Gasteiger partial charge in [0.15, 0.2) is 0 Å². The van der Waals surface area contributed by atoms with Crippen molar-refractivity contribution < 1.29 is 9.53 Å². The Hall–Kier alpha value is -1.01. The molecule has 2 aliphatic heterocycles. The van der Waals surface area contributed by atoms with Gasteiger partial charge in [0.05, 0.1) is 12.0 Å². The van der Waals surface area contributed by atoms with Crippen molar-refractivity contribution in [3.05, 3.63) is 30.3 Å². The lowest BCUT2D eigenvalue weighted by Gasteiger charge is -2.43. The molecule has 1 aromatic carbocycles. The van der Waals surface area contributed by atoms with E-state index in [4.69, 9.17) is 4.74 Å². The molecule has 1 aromatic rings. The number of piperazine rings is 1. The van der Waals surface area contributed by atoms with Crippen molar-refractivity contribution in [2.75, 3.05) is 57.9 Å². The summed E-state index contributed by atoms with van der Waals surface area (Å²) >= 11 is 0. The number of benzene rings is 1. The van der Waals surface area contributed by atoms with Gasteiger partial charge in [-0.2, -0.15) is 0 Å². The van der Waals surface area contributed by atoms with E-state index in [1.54, 1.807) is 7.11 Å². The molecule has 0 unspecified atom stereocenters. The molecule has 3 rings (SSSR count). The molecule has 0 saturated carbocycles. The predicted molar refractivity (Wildman–Crippen MR) is 106 cm³/mol. The minimum Gasteiger partial charge on any atom is -0.384 e. The number of anilines is 1. The molecule has 0 spiro atoms.